The molecule has 0 N–H and O–H groups in total. The van der Waals surface area contributed by atoms with Gasteiger partial charge < -0.3 is 28.4 Å². The standard InChI is InChI=1S/C98H64N6/c1-4-32-73-65(26-1)29-23-51-86(73)99(68-54-56-69(57-55-68)100-89-45-17-11-39-76(89)77-40-12-18-46-90(77)100)70-62-71(101(87-52-24-30-66-27-2-5-33-74(66)87)95-58-60-97(84-37-9-7-35-82(84)95)103-91-47-19-13-41-78(91)79-42-14-20-48-92(79)103)64-72(63-70)102(88-53-25-31-67-28-3-6-34-75(67)88)96-59-61-98(85-38-10-8-36-83(85)96)104-93-49-21-15-43-80(93)81-44-16-22-50-94(81)104/h1-64H. The molecule has 0 radical (unpaired) electrons. The van der Waals surface area contributed by atoms with Crippen molar-refractivity contribution in [2.45, 2.75) is 0 Å². The van der Waals surface area contributed by atoms with Crippen LogP contribution in [0.15, 0.2) is 388 Å². The minimum absolute atomic E-state index is 0.964. The van der Waals surface area contributed by atoms with E-state index in [0.29, 0.717) is 0 Å². The van der Waals surface area contributed by atoms with Crippen LogP contribution in [0, 0.1) is 0 Å². The third kappa shape index (κ3) is 9.22. The fourth-order valence-corrected chi connectivity index (χ4v) is 17.0. The molecule has 21 rings (SSSR count). The van der Waals surface area contributed by atoms with Crippen molar-refractivity contribution in [2.75, 3.05) is 14.7 Å². The lowest BCUT2D eigenvalue weighted by atomic mass is 10.0. The van der Waals surface area contributed by atoms with Crippen molar-refractivity contribution in [3.63, 3.8) is 0 Å². The first-order valence-corrected chi connectivity index (χ1v) is 35.7. The Hall–Kier alpha value is -13.9. The van der Waals surface area contributed by atoms with Gasteiger partial charge in [0.15, 0.2) is 0 Å². The van der Waals surface area contributed by atoms with Gasteiger partial charge >= 0.3 is 0 Å². The summed E-state index contributed by atoms with van der Waals surface area (Å²) in [5, 5.41) is 18.6. The number of hydrogen-bond acceptors (Lipinski definition) is 3. The largest absolute Gasteiger partial charge is 0.310 e. The number of benzene rings is 18. The fourth-order valence-electron chi connectivity index (χ4n) is 17.0. The zero-order valence-electron chi connectivity index (χ0n) is 56.6. The van der Waals surface area contributed by atoms with E-state index >= 15 is 0 Å². The number of aromatic nitrogens is 3. The highest BCUT2D eigenvalue weighted by molar-refractivity contribution is 6.16. The van der Waals surface area contributed by atoms with E-state index in [4.69, 9.17) is 0 Å². The summed E-state index contributed by atoms with van der Waals surface area (Å²) in [5.74, 6) is 0. The van der Waals surface area contributed by atoms with Crippen LogP contribution in [0.5, 0.6) is 0 Å². The molecule has 104 heavy (non-hydrogen) atoms. The van der Waals surface area contributed by atoms with E-state index < -0.39 is 0 Å². The van der Waals surface area contributed by atoms with Crippen molar-refractivity contribution in [2.24, 2.45) is 0 Å². The van der Waals surface area contributed by atoms with Crippen molar-refractivity contribution in [3.8, 4) is 17.1 Å². The number of anilines is 9. The van der Waals surface area contributed by atoms with Gasteiger partial charge in [0.05, 0.1) is 90.0 Å². The summed E-state index contributed by atoms with van der Waals surface area (Å²) in [5.41, 5.74) is 19.4. The van der Waals surface area contributed by atoms with E-state index in [1.54, 1.807) is 0 Å². The lowest BCUT2D eigenvalue weighted by Crippen LogP contribution is -2.17. The molecule has 0 aliphatic heterocycles. The summed E-state index contributed by atoms with van der Waals surface area (Å²) in [6.07, 6.45) is 0. The Morgan fingerprint density at radius 1 is 0.154 bits per heavy atom. The molecule has 0 saturated heterocycles. The van der Waals surface area contributed by atoms with Crippen LogP contribution < -0.4 is 14.7 Å². The Bertz CT molecular complexity index is 6560. The zero-order chi connectivity index (χ0) is 68.3. The van der Waals surface area contributed by atoms with Crippen molar-refractivity contribution >= 4 is 170 Å². The summed E-state index contributed by atoms with van der Waals surface area (Å²) in [6.45, 7) is 0. The molecule has 21 aromatic rings. The summed E-state index contributed by atoms with van der Waals surface area (Å²) >= 11 is 0. The minimum Gasteiger partial charge on any atom is -0.310 e. The van der Waals surface area contributed by atoms with Crippen LogP contribution in [0.1, 0.15) is 0 Å². The molecular formula is C98H64N6. The molecule has 6 heteroatoms. The lowest BCUT2D eigenvalue weighted by molar-refractivity contribution is 1.17. The Balaban J connectivity index is 0.879. The number of para-hydroxylation sites is 6. The molecule has 0 fully saturated rings. The van der Waals surface area contributed by atoms with E-state index in [9.17, 15) is 0 Å². The lowest BCUT2D eigenvalue weighted by Gasteiger charge is -2.35. The predicted molar refractivity (Wildman–Crippen MR) is 441 cm³/mol. The zero-order valence-corrected chi connectivity index (χ0v) is 56.6. The van der Waals surface area contributed by atoms with E-state index in [1.165, 1.54) is 32.3 Å². The van der Waals surface area contributed by atoms with Gasteiger partial charge in [-0.3, -0.25) is 0 Å². The summed E-state index contributed by atoms with van der Waals surface area (Å²) in [7, 11) is 0. The maximum absolute atomic E-state index is 2.55. The molecule has 0 spiro atoms. The molecule has 486 valence electrons. The average Bonchev–Trinajstić information content (AvgIpc) is 1.09. The average molecular weight is 1330 g/mol. The molecule has 18 aromatic carbocycles. The summed E-state index contributed by atoms with van der Waals surface area (Å²) in [6, 6.07) is 144. The van der Waals surface area contributed by atoms with Gasteiger partial charge in [-0.15, -0.1) is 0 Å². The maximum atomic E-state index is 2.55. The van der Waals surface area contributed by atoms with Gasteiger partial charge in [-0.05, 0) is 137 Å². The maximum Gasteiger partial charge on any atom is 0.0542 e. The first kappa shape index (κ1) is 59.0. The second kappa shape index (κ2) is 23.9. The molecule has 0 amide bonds. The van der Waals surface area contributed by atoms with Gasteiger partial charge in [-0.2, -0.15) is 0 Å². The first-order valence-electron chi connectivity index (χ1n) is 35.7. The molecule has 0 aliphatic carbocycles. The molecule has 0 unspecified atom stereocenters. The summed E-state index contributed by atoms with van der Waals surface area (Å²) < 4.78 is 7.34. The quantitative estimate of drug-likeness (QED) is 0.122. The first-order chi connectivity index (χ1) is 51.6. The highest BCUT2D eigenvalue weighted by atomic mass is 15.2. The van der Waals surface area contributed by atoms with Crippen LogP contribution in [-0.4, -0.2) is 13.7 Å². The van der Waals surface area contributed by atoms with E-state index in [0.717, 1.165) is 155 Å². The van der Waals surface area contributed by atoms with Crippen molar-refractivity contribution in [3.05, 3.63) is 388 Å². The molecule has 0 aliphatic rings. The predicted octanol–water partition coefficient (Wildman–Crippen LogP) is 27.2. The summed E-state index contributed by atoms with van der Waals surface area (Å²) in [4.78, 5) is 7.59. The highest BCUT2D eigenvalue weighted by Crippen LogP contribution is 2.53. The van der Waals surface area contributed by atoms with Gasteiger partial charge in [0.1, 0.15) is 0 Å². The molecule has 0 saturated carbocycles. The second-order valence-corrected chi connectivity index (χ2v) is 27.1. The number of hydrogen-bond donors (Lipinski definition) is 0. The minimum atomic E-state index is 0.964. The third-order valence-corrected chi connectivity index (χ3v) is 21.5. The van der Waals surface area contributed by atoms with Crippen LogP contribution >= 0.6 is 0 Å². The highest BCUT2D eigenvalue weighted by Gasteiger charge is 2.29. The number of fused-ring (bicyclic) bond motifs is 14. The fraction of sp³-hybridized carbons (Fsp3) is 0. The van der Waals surface area contributed by atoms with Crippen LogP contribution in [0.3, 0.4) is 0 Å². The van der Waals surface area contributed by atoms with Gasteiger partial charge in [0.2, 0.25) is 0 Å². The van der Waals surface area contributed by atoms with Gasteiger partial charge in [-0.1, -0.05) is 267 Å². The van der Waals surface area contributed by atoms with E-state index in [1.807, 2.05) is 0 Å². The Morgan fingerprint density at radius 2 is 0.404 bits per heavy atom. The smallest absolute Gasteiger partial charge is 0.0542 e. The SMILES string of the molecule is c1ccc2c(N(c3ccc(-n4c5ccccc5c5ccccc54)cc3)c3cc(N(c4cccc5ccccc45)c4ccc(-n5c6ccccc6c6ccccc65)c5ccccc45)cc(N(c4cccc5ccccc45)c4ccc(-n5c6ccccc6c6ccccc65)c5ccccc45)c3)cccc2c1. The van der Waals surface area contributed by atoms with E-state index in [2.05, 4.69) is 417 Å². The van der Waals surface area contributed by atoms with Crippen LogP contribution in [0.2, 0.25) is 0 Å². The van der Waals surface area contributed by atoms with Gasteiger partial charge in [0.25, 0.3) is 0 Å². The molecule has 0 atom stereocenters. The number of nitrogens with zero attached hydrogens (tertiary/aromatic N) is 6. The Labute approximate surface area is 600 Å². The molecular weight excluding hydrogens is 1260 g/mol. The Kier molecular flexibility index (Phi) is 13.5. The van der Waals surface area contributed by atoms with E-state index in [-0.39, 0.29) is 0 Å². The third-order valence-electron chi connectivity index (χ3n) is 21.5. The molecule has 3 aromatic heterocycles. The molecule has 0 bridgehead atoms. The van der Waals surface area contributed by atoms with Crippen molar-refractivity contribution in [1.29, 1.82) is 0 Å². The monoisotopic (exact) mass is 1320 g/mol. The van der Waals surface area contributed by atoms with Crippen LogP contribution in [-0.2, 0) is 0 Å². The van der Waals surface area contributed by atoms with Crippen LogP contribution in [0.4, 0.5) is 51.2 Å². The Morgan fingerprint density at radius 3 is 0.750 bits per heavy atom. The molecule has 3 heterocycles. The normalized spacial score (nSPS) is 11.8. The van der Waals surface area contributed by atoms with Crippen molar-refractivity contribution in [1.82, 2.24) is 13.7 Å². The number of rotatable bonds is 12. The molecule has 6 nitrogen and oxygen atoms in total. The second-order valence-electron chi connectivity index (χ2n) is 27.1. The van der Waals surface area contributed by atoms with Crippen molar-refractivity contribution < 1.29 is 0 Å². The van der Waals surface area contributed by atoms with Gasteiger partial charge in [-0.25, -0.2) is 0 Å². The van der Waals surface area contributed by atoms with Crippen LogP contribution in [0.25, 0.3) is 136 Å². The topological polar surface area (TPSA) is 24.5 Å². The van der Waals surface area contributed by atoms with Gasteiger partial charge in [0, 0.05) is 81.4 Å².